The molecule has 0 aliphatic rings. The fourth-order valence-corrected chi connectivity index (χ4v) is 0.761. The molecule has 0 bridgehead atoms. The minimum atomic E-state index is -0.481. The lowest BCUT2D eigenvalue weighted by molar-refractivity contribution is -0.121. The molecule has 1 heterocycles. The summed E-state index contributed by atoms with van der Waals surface area (Å²) >= 11 is 0. The van der Waals surface area contributed by atoms with Crippen LogP contribution in [0.15, 0.2) is 10.9 Å². The Bertz CT molecular complexity index is 257. The molecule has 6 nitrogen and oxygen atoms in total. The van der Waals surface area contributed by atoms with Crippen molar-refractivity contribution in [1.29, 1.82) is 0 Å². The van der Waals surface area contributed by atoms with Gasteiger partial charge in [-0.05, 0) is 6.92 Å². The van der Waals surface area contributed by atoms with E-state index in [4.69, 9.17) is 5.73 Å². The van der Waals surface area contributed by atoms with Crippen LogP contribution in [-0.4, -0.2) is 28.6 Å². The molecule has 0 saturated carbocycles. The normalized spacial score (nSPS) is 12.5. The lowest BCUT2D eigenvalue weighted by atomic mass is 10.3. The van der Waals surface area contributed by atoms with E-state index in [0.717, 1.165) is 0 Å². The van der Waals surface area contributed by atoms with Crippen molar-refractivity contribution in [2.24, 2.45) is 5.73 Å². The zero-order valence-corrected chi connectivity index (χ0v) is 7.36. The van der Waals surface area contributed by atoms with E-state index in [-0.39, 0.29) is 5.91 Å². The van der Waals surface area contributed by atoms with Crippen LogP contribution >= 0.6 is 0 Å². The highest BCUT2D eigenvalue weighted by Crippen LogP contribution is 1.88. The minimum absolute atomic E-state index is 0.177. The second-order valence-electron chi connectivity index (χ2n) is 2.68. The first kappa shape index (κ1) is 9.66. The van der Waals surface area contributed by atoms with Crippen LogP contribution in [-0.2, 0) is 11.2 Å². The zero-order valence-electron chi connectivity index (χ0n) is 7.36. The molecule has 1 aromatic heterocycles. The van der Waals surface area contributed by atoms with Crippen LogP contribution in [0.25, 0.3) is 0 Å². The number of carbonyl (C=O) groups excluding carboxylic acids is 1. The fraction of sp³-hybridized carbons (Fsp3) is 0.571. The van der Waals surface area contributed by atoms with Crippen LogP contribution in [0.3, 0.4) is 0 Å². The maximum atomic E-state index is 11.0. The molecule has 1 aromatic rings. The quantitative estimate of drug-likeness (QED) is 0.630. The third-order valence-corrected chi connectivity index (χ3v) is 1.47. The van der Waals surface area contributed by atoms with Crippen LogP contribution in [0.2, 0.25) is 0 Å². The summed E-state index contributed by atoms with van der Waals surface area (Å²) in [7, 11) is 0. The van der Waals surface area contributed by atoms with Gasteiger partial charge < -0.3 is 15.6 Å². The van der Waals surface area contributed by atoms with E-state index in [2.05, 4.69) is 20.0 Å². The number of nitrogens with zero attached hydrogens (tertiary/aromatic N) is 2. The van der Waals surface area contributed by atoms with Crippen molar-refractivity contribution < 1.29 is 9.32 Å². The Kier molecular flexibility index (Phi) is 3.39. The largest absolute Gasteiger partial charge is 0.354 e. The summed E-state index contributed by atoms with van der Waals surface area (Å²) in [5, 5.41) is 6.22. The van der Waals surface area contributed by atoms with E-state index in [1.165, 1.54) is 6.39 Å². The molecule has 72 valence electrons. The summed E-state index contributed by atoms with van der Waals surface area (Å²) in [6.07, 6.45) is 1.80. The highest BCUT2D eigenvalue weighted by molar-refractivity contribution is 5.80. The average Bonchev–Trinajstić information content (AvgIpc) is 2.56. The van der Waals surface area contributed by atoms with Crippen molar-refractivity contribution in [3.63, 3.8) is 0 Å². The highest BCUT2D eigenvalue weighted by atomic mass is 16.5. The predicted molar refractivity (Wildman–Crippen MR) is 44.7 cm³/mol. The molecule has 0 unspecified atom stereocenters. The van der Waals surface area contributed by atoms with Crippen LogP contribution in [0.4, 0.5) is 0 Å². The lowest BCUT2D eigenvalue weighted by Gasteiger charge is -2.05. The maximum absolute atomic E-state index is 11.0. The van der Waals surface area contributed by atoms with Crippen molar-refractivity contribution in [3.05, 3.63) is 12.2 Å². The second kappa shape index (κ2) is 4.56. The van der Waals surface area contributed by atoms with E-state index in [0.29, 0.717) is 18.8 Å². The molecule has 0 aliphatic carbocycles. The van der Waals surface area contributed by atoms with Crippen molar-refractivity contribution in [3.8, 4) is 0 Å². The van der Waals surface area contributed by atoms with Gasteiger partial charge in [0.05, 0.1) is 6.04 Å². The second-order valence-corrected chi connectivity index (χ2v) is 2.68. The van der Waals surface area contributed by atoms with E-state index in [1.54, 1.807) is 6.92 Å². The number of nitrogens with two attached hydrogens (primary N) is 1. The fourth-order valence-electron chi connectivity index (χ4n) is 0.761. The molecule has 1 atom stereocenters. The molecule has 0 radical (unpaired) electrons. The Hall–Kier alpha value is -1.43. The van der Waals surface area contributed by atoms with Gasteiger partial charge in [-0.2, -0.15) is 4.98 Å². The Labute approximate surface area is 75.5 Å². The third-order valence-electron chi connectivity index (χ3n) is 1.47. The summed E-state index contributed by atoms with van der Waals surface area (Å²) in [5.41, 5.74) is 5.33. The predicted octanol–water partition coefficient (Wildman–Crippen LogP) is -0.924. The summed E-state index contributed by atoms with van der Waals surface area (Å²) < 4.78 is 4.52. The van der Waals surface area contributed by atoms with Crippen LogP contribution < -0.4 is 11.1 Å². The smallest absolute Gasteiger partial charge is 0.236 e. The number of amides is 1. The highest BCUT2D eigenvalue weighted by Gasteiger charge is 2.06. The molecule has 0 aromatic carbocycles. The topological polar surface area (TPSA) is 94.0 Å². The van der Waals surface area contributed by atoms with Crippen molar-refractivity contribution >= 4 is 5.91 Å². The molecule has 1 rings (SSSR count). The molecule has 0 aliphatic heterocycles. The van der Waals surface area contributed by atoms with Gasteiger partial charge in [0.15, 0.2) is 5.82 Å². The number of rotatable bonds is 4. The van der Waals surface area contributed by atoms with Crippen molar-refractivity contribution in [2.45, 2.75) is 19.4 Å². The first-order chi connectivity index (χ1) is 6.20. The van der Waals surface area contributed by atoms with Gasteiger partial charge in [-0.15, -0.1) is 0 Å². The average molecular weight is 184 g/mol. The zero-order chi connectivity index (χ0) is 9.68. The van der Waals surface area contributed by atoms with Crippen LogP contribution in [0.1, 0.15) is 12.7 Å². The molecular formula is C7H12N4O2. The molecule has 6 heteroatoms. The SMILES string of the molecule is C[C@@H](N)C(=O)NCCc1ncon1. The van der Waals surface area contributed by atoms with E-state index in [1.807, 2.05) is 0 Å². The van der Waals surface area contributed by atoms with Gasteiger partial charge >= 0.3 is 0 Å². The number of nitrogens with one attached hydrogen (secondary N) is 1. The number of carbonyl (C=O) groups is 1. The number of hydrogen-bond donors (Lipinski definition) is 2. The molecule has 13 heavy (non-hydrogen) atoms. The first-order valence-electron chi connectivity index (χ1n) is 3.98. The van der Waals surface area contributed by atoms with Crippen molar-refractivity contribution in [1.82, 2.24) is 15.5 Å². The number of hydrogen-bond acceptors (Lipinski definition) is 5. The monoisotopic (exact) mass is 184 g/mol. The molecule has 0 fully saturated rings. The van der Waals surface area contributed by atoms with E-state index >= 15 is 0 Å². The molecular weight excluding hydrogens is 172 g/mol. The summed E-state index contributed by atoms with van der Waals surface area (Å²) in [6.45, 7) is 2.10. The number of aromatic nitrogens is 2. The summed E-state index contributed by atoms with van der Waals surface area (Å²) in [6, 6.07) is -0.481. The maximum Gasteiger partial charge on any atom is 0.236 e. The van der Waals surface area contributed by atoms with Gasteiger partial charge in [0.1, 0.15) is 0 Å². The Morgan fingerprint density at radius 1 is 1.85 bits per heavy atom. The lowest BCUT2D eigenvalue weighted by Crippen LogP contribution is -2.39. The van der Waals surface area contributed by atoms with E-state index in [9.17, 15) is 4.79 Å². The Morgan fingerprint density at radius 2 is 2.62 bits per heavy atom. The molecule has 0 saturated heterocycles. The van der Waals surface area contributed by atoms with Gasteiger partial charge in [-0.3, -0.25) is 4.79 Å². The van der Waals surface area contributed by atoms with Gasteiger partial charge in [0, 0.05) is 13.0 Å². The first-order valence-corrected chi connectivity index (χ1v) is 3.98. The third kappa shape index (κ3) is 3.20. The van der Waals surface area contributed by atoms with Gasteiger partial charge in [-0.1, -0.05) is 5.16 Å². The summed E-state index contributed by atoms with van der Waals surface area (Å²) in [4.78, 5) is 14.8. The standard InChI is InChI=1S/C7H12N4O2/c1-5(8)7(12)9-3-2-6-10-4-13-11-6/h4-5H,2-3,8H2,1H3,(H,9,12)/t5-/m1/s1. The van der Waals surface area contributed by atoms with Crippen molar-refractivity contribution in [2.75, 3.05) is 6.54 Å². The Morgan fingerprint density at radius 3 is 3.15 bits per heavy atom. The minimum Gasteiger partial charge on any atom is -0.354 e. The van der Waals surface area contributed by atoms with Crippen LogP contribution in [0.5, 0.6) is 0 Å². The van der Waals surface area contributed by atoms with Gasteiger partial charge in [0.2, 0.25) is 12.3 Å². The molecule has 3 N–H and O–H groups in total. The molecule has 1 amide bonds. The summed E-state index contributed by atoms with van der Waals surface area (Å²) in [5.74, 6) is 0.397. The van der Waals surface area contributed by atoms with Crippen LogP contribution in [0, 0.1) is 0 Å². The van der Waals surface area contributed by atoms with Gasteiger partial charge in [-0.25, -0.2) is 0 Å². The van der Waals surface area contributed by atoms with Gasteiger partial charge in [0.25, 0.3) is 0 Å². The molecule has 0 spiro atoms. The Balaban J connectivity index is 2.18. The van der Waals surface area contributed by atoms with E-state index < -0.39 is 6.04 Å².